The lowest BCUT2D eigenvalue weighted by Crippen LogP contribution is -2.34. The highest BCUT2D eigenvalue weighted by Crippen LogP contribution is 2.14. The summed E-state index contributed by atoms with van der Waals surface area (Å²) in [6, 6.07) is 15.1. The number of pyridine rings is 1. The van der Waals surface area contributed by atoms with Gasteiger partial charge in [0, 0.05) is 25.4 Å². The molecule has 0 aliphatic carbocycles. The molecule has 0 fully saturated rings. The van der Waals surface area contributed by atoms with Gasteiger partial charge in [0.15, 0.2) is 0 Å². The molecule has 3 heterocycles. The van der Waals surface area contributed by atoms with E-state index >= 15 is 0 Å². The minimum atomic E-state index is -0.517. The van der Waals surface area contributed by atoms with Gasteiger partial charge in [0.25, 0.3) is 0 Å². The molecular formula is C18H17N7O. The van der Waals surface area contributed by atoms with E-state index in [0.29, 0.717) is 13.0 Å². The maximum atomic E-state index is 12.8. The number of fused-ring (bicyclic) bond motifs is 1. The molecule has 0 radical (unpaired) electrons. The van der Waals surface area contributed by atoms with Crippen molar-refractivity contribution in [3.63, 3.8) is 0 Å². The van der Waals surface area contributed by atoms with Gasteiger partial charge in [0.1, 0.15) is 12.4 Å². The van der Waals surface area contributed by atoms with E-state index < -0.39 is 6.04 Å². The summed E-state index contributed by atoms with van der Waals surface area (Å²) >= 11 is 0. The summed E-state index contributed by atoms with van der Waals surface area (Å²) in [4.78, 5) is 12.8. The van der Waals surface area contributed by atoms with Crippen LogP contribution in [0.25, 0.3) is 5.52 Å². The topological polar surface area (TPSA) is 90.0 Å². The van der Waals surface area contributed by atoms with Gasteiger partial charge in [0.05, 0.1) is 5.52 Å². The molecule has 1 N–H and O–H groups in total. The summed E-state index contributed by atoms with van der Waals surface area (Å²) in [5, 5.41) is 18.4. The van der Waals surface area contributed by atoms with Gasteiger partial charge in [-0.3, -0.25) is 4.79 Å². The molecule has 0 aliphatic heterocycles. The summed E-state index contributed by atoms with van der Waals surface area (Å²) in [7, 11) is 0. The number of amides is 1. The first-order valence-corrected chi connectivity index (χ1v) is 8.26. The number of carbonyl (C=O) groups is 1. The van der Waals surface area contributed by atoms with E-state index in [1.54, 1.807) is 10.7 Å². The molecule has 4 rings (SSSR count). The Morgan fingerprint density at radius 3 is 2.81 bits per heavy atom. The standard InChI is InChI=1S/C18H17N7O/c26-18(19-12-15-7-4-10-24-16(15)8-9-21-24)17(25-13-20-22-23-25)11-14-5-2-1-3-6-14/h1-10,13,17H,11-12H2,(H,19,26). The lowest BCUT2D eigenvalue weighted by atomic mass is 10.1. The van der Waals surface area contributed by atoms with Crippen LogP contribution in [0, 0.1) is 0 Å². The Kier molecular flexibility index (Phi) is 4.38. The van der Waals surface area contributed by atoms with Crippen LogP contribution in [0.4, 0.5) is 0 Å². The molecule has 0 saturated heterocycles. The van der Waals surface area contributed by atoms with Crippen molar-refractivity contribution in [2.24, 2.45) is 0 Å². The number of benzene rings is 1. The Hall–Kier alpha value is -3.55. The van der Waals surface area contributed by atoms with Crippen molar-refractivity contribution < 1.29 is 4.79 Å². The average molecular weight is 347 g/mol. The van der Waals surface area contributed by atoms with Crippen LogP contribution in [0.5, 0.6) is 0 Å². The second kappa shape index (κ2) is 7.14. The predicted octanol–water partition coefficient (Wildman–Crippen LogP) is 1.42. The van der Waals surface area contributed by atoms with Gasteiger partial charge in [-0.2, -0.15) is 5.10 Å². The molecule has 1 atom stereocenters. The maximum Gasteiger partial charge on any atom is 0.245 e. The van der Waals surface area contributed by atoms with Gasteiger partial charge < -0.3 is 5.32 Å². The molecule has 1 unspecified atom stereocenters. The number of nitrogens with zero attached hydrogens (tertiary/aromatic N) is 6. The third-order valence-electron chi connectivity index (χ3n) is 4.24. The summed E-state index contributed by atoms with van der Waals surface area (Å²) in [6.45, 7) is 0.405. The van der Waals surface area contributed by atoms with Gasteiger partial charge in [-0.05, 0) is 33.7 Å². The quantitative estimate of drug-likeness (QED) is 0.570. The van der Waals surface area contributed by atoms with E-state index in [0.717, 1.165) is 16.6 Å². The van der Waals surface area contributed by atoms with Crippen molar-refractivity contribution in [1.29, 1.82) is 0 Å². The van der Waals surface area contributed by atoms with Crippen molar-refractivity contribution in [3.8, 4) is 0 Å². The first-order chi connectivity index (χ1) is 12.8. The van der Waals surface area contributed by atoms with Gasteiger partial charge in [-0.15, -0.1) is 5.10 Å². The summed E-state index contributed by atoms with van der Waals surface area (Å²) in [6.07, 6.45) is 5.58. The largest absolute Gasteiger partial charge is 0.350 e. The molecule has 3 aromatic heterocycles. The van der Waals surface area contributed by atoms with E-state index in [4.69, 9.17) is 0 Å². The Morgan fingerprint density at radius 2 is 2.00 bits per heavy atom. The smallest absolute Gasteiger partial charge is 0.245 e. The number of nitrogens with one attached hydrogen (secondary N) is 1. The molecule has 4 aromatic rings. The number of hydrogen-bond donors (Lipinski definition) is 1. The maximum absolute atomic E-state index is 12.8. The van der Waals surface area contributed by atoms with Gasteiger partial charge in [0.2, 0.25) is 5.91 Å². The normalized spacial score (nSPS) is 12.2. The summed E-state index contributed by atoms with van der Waals surface area (Å²) in [5.74, 6) is -0.136. The summed E-state index contributed by atoms with van der Waals surface area (Å²) < 4.78 is 3.27. The van der Waals surface area contributed by atoms with Crippen LogP contribution >= 0.6 is 0 Å². The zero-order valence-corrected chi connectivity index (χ0v) is 13.9. The number of hydrogen-bond acceptors (Lipinski definition) is 5. The first kappa shape index (κ1) is 15.9. The van der Waals surface area contributed by atoms with Crippen molar-refractivity contribution in [3.05, 3.63) is 78.4 Å². The monoisotopic (exact) mass is 347 g/mol. The van der Waals surface area contributed by atoms with E-state index in [1.165, 1.54) is 11.0 Å². The molecular weight excluding hydrogens is 330 g/mol. The fourth-order valence-electron chi connectivity index (χ4n) is 2.92. The van der Waals surface area contributed by atoms with Crippen LogP contribution in [0.15, 0.2) is 67.3 Å². The minimum absolute atomic E-state index is 0.136. The predicted molar refractivity (Wildman–Crippen MR) is 94.0 cm³/mol. The van der Waals surface area contributed by atoms with E-state index in [1.807, 2.05) is 54.7 Å². The number of carbonyl (C=O) groups excluding carboxylic acids is 1. The van der Waals surface area contributed by atoms with Gasteiger partial charge in [-0.1, -0.05) is 36.4 Å². The Bertz CT molecular complexity index is 995. The van der Waals surface area contributed by atoms with Crippen molar-refractivity contribution in [2.75, 3.05) is 0 Å². The molecule has 8 nitrogen and oxygen atoms in total. The van der Waals surface area contributed by atoms with E-state index in [9.17, 15) is 4.79 Å². The highest BCUT2D eigenvalue weighted by molar-refractivity contribution is 5.80. The van der Waals surface area contributed by atoms with Crippen molar-refractivity contribution >= 4 is 11.4 Å². The highest BCUT2D eigenvalue weighted by atomic mass is 16.2. The van der Waals surface area contributed by atoms with Crippen LogP contribution in [0.1, 0.15) is 17.2 Å². The highest BCUT2D eigenvalue weighted by Gasteiger charge is 2.22. The molecule has 1 aromatic carbocycles. The lowest BCUT2D eigenvalue weighted by Gasteiger charge is -2.16. The second-order valence-electron chi connectivity index (χ2n) is 5.91. The number of aromatic nitrogens is 6. The van der Waals surface area contributed by atoms with Crippen molar-refractivity contribution in [2.45, 2.75) is 19.0 Å². The zero-order chi connectivity index (χ0) is 17.8. The van der Waals surface area contributed by atoms with Crippen LogP contribution in [-0.2, 0) is 17.8 Å². The minimum Gasteiger partial charge on any atom is -0.350 e. The molecule has 0 saturated carbocycles. The van der Waals surface area contributed by atoms with Gasteiger partial charge >= 0.3 is 0 Å². The average Bonchev–Trinajstić information content (AvgIpc) is 3.36. The van der Waals surface area contributed by atoms with Crippen LogP contribution in [0.3, 0.4) is 0 Å². The van der Waals surface area contributed by atoms with Crippen LogP contribution in [-0.4, -0.2) is 35.7 Å². The molecule has 130 valence electrons. The lowest BCUT2D eigenvalue weighted by molar-refractivity contribution is -0.124. The number of rotatable bonds is 6. The van der Waals surface area contributed by atoms with Crippen LogP contribution < -0.4 is 5.32 Å². The van der Waals surface area contributed by atoms with Gasteiger partial charge in [-0.25, -0.2) is 9.20 Å². The van der Waals surface area contributed by atoms with Crippen LogP contribution in [0.2, 0.25) is 0 Å². The SMILES string of the molecule is O=C(NCc1cccn2nccc12)C(Cc1ccccc1)n1cnnn1. The second-order valence-corrected chi connectivity index (χ2v) is 5.91. The van der Waals surface area contributed by atoms with E-state index in [2.05, 4.69) is 25.9 Å². The fourth-order valence-corrected chi connectivity index (χ4v) is 2.92. The fraction of sp³-hybridized carbons (Fsp3) is 0.167. The zero-order valence-electron chi connectivity index (χ0n) is 13.9. The van der Waals surface area contributed by atoms with E-state index in [-0.39, 0.29) is 5.91 Å². The molecule has 0 aliphatic rings. The third-order valence-corrected chi connectivity index (χ3v) is 4.24. The molecule has 8 heteroatoms. The first-order valence-electron chi connectivity index (χ1n) is 8.26. The van der Waals surface area contributed by atoms with Crippen molar-refractivity contribution in [1.82, 2.24) is 35.1 Å². The Balaban J connectivity index is 1.52. The molecule has 0 spiro atoms. The Labute approximate surface area is 149 Å². The number of tetrazole rings is 1. The third kappa shape index (κ3) is 3.30. The molecule has 26 heavy (non-hydrogen) atoms. The summed E-state index contributed by atoms with van der Waals surface area (Å²) in [5.41, 5.74) is 3.00. The molecule has 0 bridgehead atoms. The molecule has 1 amide bonds. The Morgan fingerprint density at radius 1 is 1.12 bits per heavy atom.